The van der Waals surface area contributed by atoms with Crippen molar-refractivity contribution in [2.75, 3.05) is 11.9 Å². The number of ether oxygens (including phenoxy) is 1. The van der Waals surface area contributed by atoms with Gasteiger partial charge in [0.05, 0.1) is 17.8 Å². The van der Waals surface area contributed by atoms with E-state index in [0.717, 1.165) is 10.9 Å². The highest BCUT2D eigenvalue weighted by atomic mass is 16.5. The number of aromatic nitrogens is 2. The van der Waals surface area contributed by atoms with Crippen molar-refractivity contribution in [1.29, 1.82) is 0 Å². The molecule has 22 heavy (non-hydrogen) atoms. The molecule has 0 aliphatic heterocycles. The van der Waals surface area contributed by atoms with Crippen molar-refractivity contribution in [2.45, 2.75) is 6.92 Å². The molecule has 0 spiro atoms. The van der Waals surface area contributed by atoms with Crippen LogP contribution in [-0.2, 0) is 7.05 Å². The summed E-state index contributed by atoms with van der Waals surface area (Å²) in [5, 5.41) is 8.03. The van der Waals surface area contributed by atoms with E-state index in [1.54, 1.807) is 4.68 Å². The lowest BCUT2D eigenvalue weighted by Gasteiger charge is -2.10. The molecule has 0 radical (unpaired) electrons. The van der Waals surface area contributed by atoms with Crippen LogP contribution in [0.15, 0.2) is 48.5 Å². The normalized spacial score (nSPS) is 10.6. The van der Waals surface area contributed by atoms with E-state index < -0.39 is 0 Å². The van der Waals surface area contributed by atoms with Gasteiger partial charge in [0, 0.05) is 12.4 Å². The Labute approximate surface area is 128 Å². The number of hydrogen-bond donors (Lipinski definition) is 1. The number of aryl methyl sites for hydroxylation is 1. The van der Waals surface area contributed by atoms with Crippen molar-refractivity contribution in [3.63, 3.8) is 0 Å². The molecule has 0 saturated heterocycles. The predicted octanol–water partition coefficient (Wildman–Crippen LogP) is 3.22. The molecule has 1 aromatic heterocycles. The van der Waals surface area contributed by atoms with Crippen molar-refractivity contribution in [2.24, 2.45) is 7.05 Å². The molecule has 0 saturated carbocycles. The fourth-order valence-corrected chi connectivity index (χ4v) is 2.41. The van der Waals surface area contributed by atoms with Crippen LogP contribution in [0, 0.1) is 0 Å². The maximum Gasteiger partial charge on any atom is 0.276 e. The van der Waals surface area contributed by atoms with Gasteiger partial charge >= 0.3 is 0 Å². The number of nitrogens with zero attached hydrogens (tertiary/aromatic N) is 2. The molecular weight excluding hydrogens is 278 g/mol. The molecule has 2 aromatic carbocycles. The molecule has 1 N–H and O–H groups in total. The molecule has 0 atom stereocenters. The van der Waals surface area contributed by atoms with Gasteiger partial charge in [-0.2, -0.15) is 5.10 Å². The Morgan fingerprint density at radius 3 is 2.73 bits per heavy atom. The van der Waals surface area contributed by atoms with Gasteiger partial charge in [-0.25, -0.2) is 0 Å². The van der Waals surface area contributed by atoms with E-state index in [1.807, 2.05) is 62.5 Å². The monoisotopic (exact) mass is 295 g/mol. The second kappa shape index (κ2) is 5.89. The lowest BCUT2D eigenvalue weighted by atomic mass is 10.2. The maximum atomic E-state index is 12.6. The van der Waals surface area contributed by atoms with Gasteiger partial charge in [-0.3, -0.25) is 9.48 Å². The first kappa shape index (κ1) is 14.1. The Hall–Kier alpha value is -2.82. The first-order valence-electron chi connectivity index (χ1n) is 7.15. The summed E-state index contributed by atoms with van der Waals surface area (Å²) in [7, 11) is 1.83. The number of hydrogen-bond acceptors (Lipinski definition) is 3. The quantitative estimate of drug-likeness (QED) is 0.804. The molecule has 5 nitrogen and oxygen atoms in total. The summed E-state index contributed by atoms with van der Waals surface area (Å²) >= 11 is 0. The third-order valence-corrected chi connectivity index (χ3v) is 3.41. The van der Waals surface area contributed by atoms with Crippen LogP contribution in [0.4, 0.5) is 5.69 Å². The molecule has 0 unspecified atom stereocenters. The van der Waals surface area contributed by atoms with Crippen LogP contribution in [0.3, 0.4) is 0 Å². The van der Waals surface area contributed by atoms with Gasteiger partial charge in [0.25, 0.3) is 5.91 Å². The average molecular weight is 295 g/mol. The van der Waals surface area contributed by atoms with Gasteiger partial charge in [-0.1, -0.05) is 30.3 Å². The molecular formula is C17H17N3O2. The number of anilines is 1. The number of carbonyl (C=O) groups excluding carboxylic acids is 1. The number of nitrogens with one attached hydrogen (secondary N) is 1. The van der Waals surface area contributed by atoms with Gasteiger partial charge in [-0.15, -0.1) is 0 Å². The van der Waals surface area contributed by atoms with Gasteiger partial charge in [0.15, 0.2) is 5.69 Å². The van der Waals surface area contributed by atoms with Crippen LogP contribution in [0.1, 0.15) is 17.4 Å². The number of carbonyl (C=O) groups is 1. The molecule has 0 bridgehead atoms. The van der Waals surface area contributed by atoms with E-state index in [2.05, 4.69) is 10.4 Å². The third-order valence-electron chi connectivity index (χ3n) is 3.41. The van der Waals surface area contributed by atoms with Crippen LogP contribution in [0.2, 0.25) is 0 Å². The molecule has 0 aliphatic rings. The molecule has 1 heterocycles. The van der Waals surface area contributed by atoms with Crippen LogP contribution >= 0.6 is 0 Å². The minimum Gasteiger partial charge on any atom is -0.492 e. The first-order valence-corrected chi connectivity index (χ1v) is 7.15. The van der Waals surface area contributed by atoms with Crippen LogP contribution in [0.5, 0.6) is 5.75 Å². The summed E-state index contributed by atoms with van der Waals surface area (Å²) in [6.07, 6.45) is 0. The Morgan fingerprint density at radius 1 is 1.18 bits per heavy atom. The molecule has 0 aliphatic carbocycles. The number of fused-ring (bicyclic) bond motifs is 1. The smallest absolute Gasteiger partial charge is 0.276 e. The average Bonchev–Trinajstić information content (AvgIpc) is 2.87. The van der Waals surface area contributed by atoms with E-state index in [4.69, 9.17) is 4.74 Å². The zero-order chi connectivity index (χ0) is 15.5. The Morgan fingerprint density at radius 2 is 1.91 bits per heavy atom. The van der Waals surface area contributed by atoms with E-state index in [9.17, 15) is 4.79 Å². The largest absolute Gasteiger partial charge is 0.492 e. The van der Waals surface area contributed by atoms with E-state index in [0.29, 0.717) is 23.7 Å². The van der Waals surface area contributed by atoms with Crippen LogP contribution in [-0.4, -0.2) is 22.3 Å². The van der Waals surface area contributed by atoms with Crippen molar-refractivity contribution >= 4 is 22.5 Å². The molecule has 0 fully saturated rings. The van der Waals surface area contributed by atoms with Crippen molar-refractivity contribution in [1.82, 2.24) is 9.78 Å². The summed E-state index contributed by atoms with van der Waals surface area (Å²) in [6, 6.07) is 15.0. The van der Waals surface area contributed by atoms with Gasteiger partial charge in [-0.05, 0) is 25.1 Å². The molecule has 1 amide bonds. The molecule has 112 valence electrons. The standard InChI is InChI=1S/C17H17N3O2/c1-3-22-15-11-7-5-9-13(15)18-17(21)16-12-8-4-6-10-14(12)20(2)19-16/h4-11H,3H2,1-2H3,(H,18,21). The lowest BCUT2D eigenvalue weighted by molar-refractivity contribution is 0.102. The molecule has 3 rings (SSSR count). The van der Waals surface area contributed by atoms with E-state index in [1.165, 1.54) is 0 Å². The first-order chi connectivity index (χ1) is 10.7. The van der Waals surface area contributed by atoms with Crippen molar-refractivity contribution < 1.29 is 9.53 Å². The zero-order valence-electron chi connectivity index (χ0n) is 12.5. The predicted molar refractivity (Wildman–Crippen MR) is 86.3 cm³/mol. The van der Waals surface area contributed by atoms with Crippen LogP contribution in [0.25, 0.3) is 10.9 Å². The fourth-order valence-electron chi connectivity index (χ4n) is 2.41. The Kier molecular flexibility index (Phi) is 3.78. The van der Waals surface area contributed by atoms with Gasteiger partial charge < -0.3 is 10.1 Å². The second-order valence-corrected chi connectivity index (χ2v) is 4.87. The Balaban J connectivity index is 1.94. The number of rotatable bonds is 4. The summed E-state index contributed by atoms with van der Waals surface area (Å²) < 4.78 is 7.23. The van der Waals surface area contributed by atoms with Crippen molar-refractivity contribution in [3.8, 4) is 5.75 Å². The fraction of sp³-hybridized carbons (Fsp3) is 0.176. The highest BCUT2D eigenvalue weighted by molar-refractivity contribution is 6.11. The van der Waals surface area contributed by atoms with Crippen molar-refractivity contribution in [3.05, 3.63) is 54.2 Å². The number of amides is 1. The van der Waals surface area contributed by atoms with E-state index >= 15 is 0 Å². The third kappa shape index (κ3) is 2.53. The summed E-state index contributed by atoms with van der Waals surface area (Å²) in [5.41, 5.74) is 1.97. The van der Waals surface area contributed by atoms with Crippen LogP contribution < -0.4 is 10.1 Å². The minimum atomic E-state index is -0.246. The maximum absolute atomic E-state index is 12.6. The SMILES string of the molecule is CCOc1ccccc1NC(=O)c1nn(C)c2ccccc12. The summed E-state index contributed by atoms with van der Waals surface area (Å²) in [4.78, 5) is 12.6. The van der Waals surface area contributed by atoms with Gasteiger partial charge in [0.2, 0.25) is 0 Å². The minimum absolute atomic E-state index is 0.246. The number of para-hydroxylation sites is 3. The number of benzene rings is 2. The zero-order valence-corrected chi connectivity index (χ0v) is 12.5. The van der Waals surface area contributed by atoms with E-state index in [-0.39, 0.29) is 5.91 Å². The Bertz CT molecular complexity index is 824. The summed E-state index contributed by atoms with van der Waals surface area (Å²) in [6.45, 7) is 2.45. The topological polar surface area (TPSA) is 56.1 Å². The summed E-state index contributed by atoms with van der Waals surface area (Å²) in [5.74, 6) is 0.405. The molecule has 5 heteroatoms. The molecule has 3 aromatic rings. The van der Waals surface area contributed by atoms with Gasteiger partial charge in [0.1, 0.15) is 5.75 Å². The second-order valence-electron chi connectivity index (χ2n) is 4.87. The highest BCUT2D eigenvalue weighted by Crippen LogP contribution is 2.25. The lowest BCUT2D eigenvalue weighted by Crippen LogP contribution is -2.14. The highest BCUT2D eigenvalue weighted by Gasteiger charge is 2.17.